The van der Waals surface area contributed by atoms with Gasteiger partial charge in [0.05, 0.1) is 24.1 Å². The van der Waals surface area contributed by atoms with Crippen LogP contribution in [0.15, 0.2) is 28.9 Å². The van der Waals surface area contributed by atoms with E-state index in [2.05, 4.69) is 10.1 Å². The van der Waals surface area contributed by atoms with Crippen LogP contribution in [0.3, 0.4) is 0 Å². The van der Waals surface area contributed by atoms with Crippen LogP contribution in [0, 0.1) is 6.92 Å². The number of hydrogen-bond donors (Lipinski definition) is 1. The minimum absolute atomic E-state index is 0.175. The number of carbonyl (C=O) groups excluding carboxylic acids is 1. The second-order valence-electron chi connectivity index (χ2n) is 4.20. The number of hydrogen-bond acceptors (Lipinski definition) is 4. The monoisotopic (exact) mass is 313 g/mol. The van der Waals surface area contributed by atoms with E-state index >= 15 is 0 Å². The molecule has 0 spiro atoms. The van der Waals surface area contributed by atoms with Gasteiger partial charge in [0.15, 0.2) is 0 Å². The lowest BCUT2D eigenvalue weighted by Crippen LogP contribution is -2.07. The van der Waals surface area contributed by atoms with E-state index in [1.54, 1.807) is 18.2 Å². The van der Waals surface area contributed by atoms with Gasteiger partial charge in [-0.05, 0) is 30.7 Å². The summed E-state index contributed by atoms with van der Waals surface area (Å²) in [7, 11) is 1.30. The molecule has 0 aliphatic heterocycles. The summed E-state index contributed by atoms with van der Waals surface area (Å²) >= 11 is 12.2. The van der Waals surface area contributed by atoms with Crippen molar-refractivity contribution in [3.8, 4) is 0 Å². The molecule has 0 radical (unpaired) electrons. The van der Waals surface area contributed by atoms with Crippen LogP contribution in [0.5, 0.6) is 0 Å². The molecule has 0 aliphatic rings. The Morgan fingerprint density at radius 1 is 1.35 bits per heavy atom. The Kier molecular flexibility index (Phi) is 4.57. The summed E-state index contributed by atoms with van der Waals surface area (Å²) in [6.45, 7) is 2.25. The third kappa shape index (κ3) is 3.08. The molecule has 0 saturated heterocycles. The fourth-order valence-corrected chi connectivity index (χ4v) is 2.17. The first-order valence-electron chi connectivity index (χ1n) is 5.87. The normalized spacial score (nSPS) is 10.4. The number of anilines is 1. The number of carbonyl (C=O) groups is 1. The molecule has 0 atom stereocenters. The molecule has 0 saturated carbocycles. The van der Waals surface area contributed by atoms with Gasteiger partial charge in [0.1, 0.15) is 0 Å². The standard InChI is InChI=1S/C14H13Cl2NO3/c1-8-5-11(16)12(6-10(8)15)17-7-9-3-4-20-13(9)14(18)19-2/h3-6,17H,7H2,1-2H3. The number of esters is 1. The van der Waals surface area contributed by atoms with Gasteiger partial charge in [-0.25, -0.2) is 4.79 Å². The third-order valence-electron chi connectivity index (χ3n) is 2.84. The first-order valence-corrected chi connectivity index (χ1v) is 6.62. The van der Waals surface area contributed by atoms with Crippen LogP contribution in [0.4, 0.5) is 5.69 Å². The first kappa shape index (κ1) is 14.8. The van der Waals surface area contributed by atoms with Gasteiger partial charge in [-0.1, -0.05) is 23.2 Å². The summed E-state index contributed by atoms with van der Waals surface area (Å²) in [6, 6.07) is 5.23. The topological polar surface area (TPSA) is 51.5 Å². The zero-order chi connectivity index (χ0) is 14.7. The molecule has 0 fully saturated rings. The average Bonchev–Trinajstić information content (AvgIpc) is 2.89. The molecule has 1 aromatic heterocycles. The predicted molar refractivity (Wildman–Crippen MR) is 78.6 cm³/mol. The molecule has 106 valence electrons. The number of aryl methyl sites for hydroxylation is 1. The Balaban J connectivity index is 2.15. The number of halogens is 2. The van der Waals surface area contributed by atoms with Gasteiger partial charge >= 0.3 is 5.97 Å². The van der Waals surface area contributed by atoms with E-state index in [-0.39, 0.29) is 5.76 Å². The minimum Gasteiger partial charge on any atom is -0.463 e. The van der Waals surface area contributed by atoms with Crippen molar-refractivity contribution in [1.29, 1.82) is 0 Å². The Labute approximate surface area is 126 Å². The Morgan fingerprint density at radius 2 is 2.10 bits per heavy atom. The molecule has 20 heavy (non-hydrogen) atoms. The summed E-state index contributed by atoms with van der Waals surface area (Å²) in [5.41, 5.74) is 2.28. The van der Waals surface area contributed by atoms with Crippen LogP contribution in [0.2, 0.25) is 10.0 Å². The van der Waals surface area contributed by atoms with E-state index in [1.165, 1.54) is 13.4 Å². The highest BCUT2D eigenvalue weighted by molar-refractivity contribution is 6.35. The summed E-state index contributed by atoms with van der Waals surface area (Å²) in [4.78, 5) is 11.5. The molecule has 0 unspecified atom stereocenters. The number of furan rings is 1. The van der Waals surface area contributed by atoms with Crippen molar-refractivity contribution in [3.05, 3.63) is 51.4 Å². The number of nitrogens with one attached hydrogen (secondary N) is 1. The van der Waals surface area contributed by atoms with Crippen molar-refractivity contribution < 1.29 is 13.9 Å². The number of ether oxygens (including phenoxy) is 1. The quantitative estimate of drug-likeness (QED) is 0.855. The fourth-order valence-electron chi connectivity index (χ4n) is 1.72. The maximum atomic E-state index is 11.5. The lowest BCUT2D eigenvalue weighted by molar-refractivity contribution is 0.0563. The molecule has 0 bridgehead atoms. The van der Waals surface area contributed by atoms with Crippen molar-refractivity contribution in [2.45, 2.75) is 13.5 Å². The van der Waals surface area contributed by atoms with Gasteiger partial charge in [-0.2, -0.15) is 0 Å². The zero-order valence-electron chi connectivity index (χ0n) is 11.0. The van der Waals surface area contributed by atoms with Crippen LogP contribution in [0.25, 0.3) is 0 Å². The van der Waals surface area contributed by atoms with Gasteiger partial charge in [0.2, 0.25) is 5.76 Å². The van der Waals surface area contributed by atoms with Crippen LogP contribution < -0.4 is 5.32 Å². The molecule has 6 heteroatoms. The van der Waals surface area contributed by atoms with Crippen LogP contribution in [0.1, 0.15) is 21.7 Å². The van der Waals surface area contributed by atoms with Crippen LogP contribution in [-0.4, -0.2) is 13.1 Å². The number of rotatable bonds is 4. The predicted octanol–water partition coefficient (Wildman–Crippen LogP) is 4.29. The summed E-state index contributed by atoms with van der Waals surface area (Å²) in [5, 5.41) is 4.31. The van der Waals surface area contributed by atoms with Gasteiger partial charge in [0, 0.05) is 17.1 Å². The molecular formula is C14H13Cl2NO3. The molecule has 1 heterocycles. The molecule has 1 aromatic carbocycles. The largest absolute Gasteiger partial charge is 0.463 e. The van der Waals surface area contributed by atoms with E-state index in [0.717, 1.165) is 5.56 Å². The van der Waals surface area contributed by atoms with Gasteiger partial charge in [-0.3, -0.25) is 0 Å². The molecular weight excluding hydrogens is 301 g/mol. The fraction of sp³-hybridized carbons (Fsp3) is 0.214. The number of benzene rings is 1. The highest BCUT2D eigenvalue weighted by Gasteiger charge is 2.15. The molecule has 2 rings (SSSR count). The van der Waals surface area contributed by atoms with E-state index in [4.69, 9.17) is 27.6 Å². The summed E-state index contributed by atoms with van der Waals surface area (Å²) in [5.74, 6) is -0.339. The molecule has 2 aromatic rings. The SMILES string of the molecule is COC(=O)c1occc1CNc1cc(Cl)c(C)cc1Cl. The Hall–Kier alpha value is -1.65. The Bertz CT molecular complexity index is 637. The third-order valence-corrected chi connectivity index (χ3v) is 3.56. The molecule has 1 N–H and O–H groups in total. The van der Waals surface area contributed by atoms with E-state index in [9.17, 15) is 4.79 Å². The van der Waals surface area contributed by atoms with Crippen molar-refractivity contribution in [1.82, 2.24) is 0 Å². The zero-order valence-corrected chi connectivity index (χ0v) is 12.5. The Morgan fingerprint density at radius 3 is 2.80 bits per heavy atom. The lowest BCUT2D eigenvalue weighted by Gasteiger charge is -2.10. The van der Waals surface area contributed by atoms with Crippen LogP contribution in [-0.2, 0) is 11.3 Å². The number of methoxy groups -OCH3 is 1. The first-order chi connectivity index (χ1) is 9.52. The molecule has 0 amide bonds. The highest BCUT2D eigenvalue weighted by Crippen LogP contribution is 2.29. The smallest absolute Gasteiger partial charge is 0.374 e. The van der Waals surface area contributed by atoms with Crippen molar-refractivity contribution in [3.63, 3.8) is 0 Å². The highest BCUT2D eigenvalue weighted by atomic mass is 35.5. The maximum Gasteiger partial charge on any atom is 0.374 e. The van der Waals surface area contributed by atoms with Crippen molar-refractivity contribution in [2.75, 3.05) is 12.4 Å². The van der Waals surface area contributed by atoms with Gasteiger partial charge in [-0.15, -0.1) is 0 Å². The van der Waals surface area contributed by atoms with Crippen molar-refractivity contribution in [2.24, 2.45) is 0 Å². The van der Waals surface area contributed by atoms with Gasteiger partial charge < -0.3 is 14.5 Å². The van der Waals surface area contributed by atoms with Crippen molar-refractivity contribution >= 4 is 34.9 Å². The van der Waals surface area contributed by atoms with Crippen LogP contribution >= 0.6 is 23.2 Å². The van der Waals surface area contributed by atoms with E-state index < -0.39 is 5.97 Å². The maximum absolute atomic E-state index is 11.5. The summed E-state index contributed by atoms with van der Waals surface area (Å²) in [6.07, 6.45) is 1.44. The lowest BCUT2D eigenvalue weighted by atomic mass is 10.2. The van der Waals surface area contributed by atoms with Gasteiger partial charge in [0.25, 0.3) is 0 Å². The second-order valence-corrected chi connectivity index (χ2v) is 5.02. The molecule has 0 aliphatic carbocycles. The molecule has 4 nitrogen and oxygen atoms in total. The average molecular weight is 314 g/mol. The van der Waals surface area contributed by atoms with E-state index in [1.807, 2.05) is 6.92 Å². The minimum atomic E-state index is -0.514. The summed E-state index contributed by atoms with van der Waals surface area (Å²) < 4.78 is 9.74. The second kappa shape index (κ2) is 6.20. The van der Waals surface area contributed by atoms with E-state index in [0.29, 0.717) is 27.8 Å².